The highest BCUT2D eigenvalue weighted by Gasteiger charge is 2.30. The summed E-state index contributed by atoms with van der Waals surface area (Å²) < 4.78 is 5.20. The van der Waals surface area contributed by atoms with Gasteiger partial charge in [-0.25, -0.2) is 0 Å². The molecule has 0 atom stereocenters. The number of rotatable bonds is 5. The Bertz CT molecular complexity index is 662. The third-order valence-corrected chi connectivity index (χ3v) is 3.71. The Labute approximate surface area is 122 Å². The van der Waals surface area contributed by atoms with E-state index in [0.29, 0.717) is 24.2 Å². The van der Waals surface area contributed by atoms with Crippen LogP contribution in [0.3, 0.4) is 0 Å². The molecule has 2 N–H and O–H groups in total. The number of hydrogen-bond donors (Lipinski definition) is 1. The Morgan fingerprint density at radius 1 is 1.38 bits per heavy atom. The molecule has 0 bridgehead atoms. The van der Waals surface area contributed by atoms with Crippen LogP contribution in [0.1, 0.15) is 38.1 Å². The zero-order chi connectivity index (χ0) is 15.6. The zero-order valence-corrected chi connectivity index (χ0v) is 12.3. The number of nitrogens with zero attached hydrogens (tertiary/aromatic N) is 3. The number of nitro benzene ring substituents is 1. The molecule has 0 aliphatic rings. The summed E-state index contributed by atoms with van der Waals surface area (Å²) in [6.45, 7) is 5.72. The van der Waals surface area contributed by atoms with Gasteiger partial charge in [0.15, 0.2) is 5.82 Å². The van der Waals surface area contributed by atoms with Crippen LogP contribution < -0.4 is 5.73 Å². The van der Waals surface area contributed by atoms with E-state index in [1.807, 2.05) is 20.8 Å². The van der Waals surface area contributed by atoms with Crippen molar-refractivity contribution in [3.05, 3.63) is 39.7 Å². The van der Waals surface area contributed by atoms with Gasteiger partial charge in [-0.2, -0.15) is 4.98 Å². The molecule has 21 heavy (non-hydrogen) atoms. The van der Waals surface area contributed by atoms with Crippen LogP contribution in [0.5, 0.6) is 0 Å². The maximum absolute atomic E-state index is 11.1. The van der Waals surface area contributed by atoms with Crippen molar-refractivity contribution in [1.29, 1.82) is 0 Å². The van der Waals surface area contributed by atoms with Crippen LogP contribution in [0.15, 0.2) is 22.7 Å². The molecule has 1 aromatic carbocycles. The average molecular weight is 290 g/mol. The molecule has 0 aliphatic heterocycles. The molecule has 0 fully saturated rings. The summed E-state index contributed by atoms with van der Waals surface area (Å²) in [6.07, 6.45) is 1.30. The number of hydrogen-bond acceptors (Lipinski definition) is 6. The Balaban J connectivity index is 2.52. The van der Waals surface area contributed by atoms with E-state index in [4.69, 9.17) is 10.3 Å². The Morgan fingerprint density at radius 3 is 2.62 bits per heavy atom. The number of nitro groups is 1. The third-order valence-electron chi connectivity index (χ3n) is 3.71. The summed E-state index contributed by atoms with van der Waals surface area (Å²) >= 11 is 0. The standard InChI is InChI=1S/C14H18N4O3/c1-4-14(15,5-2)13-16-12(21-17-13)10-8-9(3)6-7-11(10)18(19)20/h6-8H,4-5,15H2,1-3H3. The lowest BCUT2D eigenvalue weighted by molar-refractivity contribution is -0.384. The van der Waals surface area contributed by atoms with Gasteiger partial charge in [-0.3, -0.25) is 10.1 Å². The minimum atomic E-state index is -0.680. The van der Waals surface area contributed by atoms with Gasteiger partial charge < -0.3 is 10.3 Å². The number of nitrogens with two attached hydrogens (primary N) is 1. The highest BCUT2D eigenvalue weighted by Crippen LogP contribution is 2.31. The molecule has 7 heteroatoms. The van der Waals surface area contributed by atoms with Crippen LogP contribution in [0.25, 0.3) is 11.5 Å². The normalized spacial score (nSPS) is 11.6. The van der Waals surface area contributed by atoms with E-state index in [2.05, 4.69) is 10.1 Å². The van der Waals surface area contributed by atoms with Gasteiger partial charge in [0.2, 0.25) is 0 Å². The first-order valence-electron chi connectivity index (χ1n) is 6.79. The van der Waals surface area contributed by atoms with E-state index in [9.17, 15) is 10.1 Å². The lowest BCUT2D eigenvalue weighted by Crippen LogP contribution is -2.36. The molecule has 0 radical (unpaired) electrons. The van der Waals surface area contributed by atoms with Gasteiger partial charge in [-0.05, 0) is 31.4 Å². The van der Waals surface area contributed by atoms with E-state index in [0.717, 1.165) is 5.56 Å². The first kappa shape index (κ1) is 15.1. The summed E-state index contributed by atoms with van der Waals surface area (Å²) in [5.41, 5.74) is 6.66. The first-order valence-corrected chi connectivity index (χ1v) is 6.79. The quantitative estimate of drug-likeness (QED) is 0.670. The molecular formula is C14H18N4O3. The largest absolute Gasteiger partial charge is 0.334 e. The van der Waals surface area contributed by atoms with Crippen LogP contribution in [0, 0.1) is 17.0 Å². The molecule has 112 valence electrons. The van der Waals surface area contributed by atoms with Gasteiger partial charge in [0.1, 0.15) is 5.56 Å². The minimum Gasteiger partial charge on any atom is -0.334 e. The van der Waals surface area contributed by atoms with E-state index in [-0.39, 0.29) is 11.6 Å². The molecular weight excluding hydrogens is 272 g/mol. The van der Waals surface area contributed by atoms with Crippen molar-refractivity contribution >= 4 is 5.69 Å². The van der Waals surface area contributed by atoms with Crippen molar-refractivity contribution in [2.24, 2.45) is 5.73 Å². The Hall–Kier alpha value is -2.28. The maximum Gasteiger partial charge on any atom is 0.282 e. The van der Waals surface area contributed by atoms with Gasteiger partial charge in [0, 0.05) is 6.07 Å². The predicted molar refractivity (Wildman–Crippen MR) is 77.6 cm³/mol. The van der Waals surface area contributed by atoms with Crippen molar-refractivity contribution < 1.29 is 9.45 Å². The van der Waals surface area contributed by atoms with Gasteiger partial charge in [-0.1, -0.05) is 25.1 Å². The maximum atomic E-state index is 11.1. The van der Waals surface area contributed by atoms with Crippen LogP contribution >= 0.6 is 0 Å². The fourth-order valence-electron chi connectivity index (χ4n) is 2.08. The molecule has 2 aromatic rings. The summed E-state index contributed by atoms with van der Waals surface area (Å²) in [5, 5.41) is 15.0. The minimum absolute atomic E-state index is 0.0635. The van der Waals surface area contributed by atoms with E-state index in [1.165, 1.54) is 6.07 Å². The van der Waals surface area contributed by atoms with E-state index in [1.54, 1.807) is 12.1 Å². The van der Waals surface area contributed by atoms with E-state index < -0.39 is 10.5 Å². The second-order valence-corrected chi connectivity index (χ2v) is 5.06. The lowest BCUT2D eigenvalue weighted by Gasteiger charge is -2.21. The molecule has 2 rings (SSSR count). The smallest absolute Gasteiger partial charge is 0.282 e. The molecule has 1 heterocycles. The van der Waals surface area contributed by atoms with Gasteiger partial charge in [-0.15, -0.1) is 0 Å². The third kappa shape index (κ3) is 2.78. The second-order valence-electron chi connectivity index (χ2n) is 5.06. The Morgan fingerprint density at radius 2 is 2.05 bits per heavy atom. The monoisotopic (exact) mass is 290 g/mol. The second kappa shape index (κ2) is 5.61. The topological polar surface area (TPSA) is 108 Å². The van der Waals surface area contributed by atoms with Crippen molar-refractivity contribution in [2.45, 2.75) is 39.2 Å². The van der Waals surface area contributed by atoms with Crippen LogP contribution in [0.4, 0.5) is 5.69 Å². The van der Waals surface area contributed by atoms with Crippen LogP contribution in [0.2, 0.25) is 0 Å². The van der Waals surface area contributed by atoms with Crippen molar-refractivity contribution in [3.8, 4) is 11.5 Å². The van der Waals surface area contributed by atoms with Gasteiger partial charge in [0.25, 0.3) is 11.6 Å². The molecule has 0 unspecified atom stereocenters. The lowest BCUT2D eigenvalue weighted by atomic mass is 9.93. The first-order chi connectivity index (χ1) is 9.91. The molecule has 0 spiro atoms. The van der Waals surface area contributed by atoms with Crippen LogP contribution in [-0.2, 0) is 5.54 Å². The predicted octanol–water partition coefficient (Wildman–Crippen LogP) is 2.93. The molecule has 0 aliphatic carbocycles. The highest BCUT2D eigenvalue weighted by atomic mass is 16.6. The van der Waals surface area contributed by atoms with Crippen LogP contribution in [-0.4, -0.2) is 15.1 Å². The summed E-state index contributed by atoms with van der Waals surface area (Å²) in [7, 11) is 0. The number of benzene rings is 1. The fraction of sp³-hybridized carbons (Fsp3) is 0.429. The molecule has 0 saturated heterocycles. The number of aryl methyl sites for hydroxylation is 1. The highest BCUT2D eigenvalue weighted by molar-refractivity contribution is 5.67. The molecule has 0 saturated carbocycles. The molecule has 0 amide bonds. The van der Waals surface area contributed by atoms with Crippen molar-refractivity contribution in [2.75, 3.05) is 0 Å². The average Bonchev–Trinajstić information content (AvgIpc) is 2.96. The summed E-state index contributed by atoms with van der Waals surface area (Å²) in [6, 6.07) is 4.76. The summed E-state index contributed by atoms with van der Waals surface area (Å²) in [4.78, 5) is 14.9. The van der Waals surface area contributed by atoms with E-state index >= 15 is 0 Å². The molecule has 7 nitrogen and oxygen atoms in total. The zero-order valence-electron chi connectivity index (χ0n) is 12.3. The molecule has 1 aromatic heterocycles. The van der Waals surface area contributed by atoms with Gasteiger partial charge in [0.05, 0.1) is 10.5 Å². The van der Waals surface area contributed by atoms with Crippen molar-refractivity contribution in [1.82, 2.24) is 10.1 Å². The SMILES string of the molecule is CCC(N)(CC)c1noc(-c2cc(C)ccc2[N+](=O)[O-])n1. The summed E-state index contributed by atoms with van der Waals surface area (Å²) in [5.74, 6) is 0.496. The fourth-order valence-corrected chi connectivity index (χ4v) is 2.08. The van der Waals surface area contributed by atoms with Gasteiger partial charge >= 0.3 is 0 Å². The number of aromatic nitrogens is 2. The Kier molecular flexibility index (Phi) is 4.04. The van der Waals surface area contributed by atoms with Crippen molar-refractivity contribution in [3.63, 3.8) is 0 Å².